The second kappa shape index (κ2) is 9.59. The lowest BCUT2D eigenvalue weighted by Gasteiger charge is -2.23. The Balaban J connectivity index is 2.77. The SMILES string of the molecule is COCCN(CCC(N)=NO)Cc1cc(Br)ccc1OC. The van der Waals surface area contributed by atoms with Crippen LogP contribution in [0, 0.1) is 0 Å². The van der Waals surface area contributed by atoms with E-state index in [2.05, 4.69) is 26.0 Å². The van der Waals surface area contributed by atoms with Crippen molar-refractivity contribution in [2.75, 3.05) is 33.9 Å². The topological polar surface area (TPSA) is 80.3 Å². The van der Waals surface area contributed by atoms with Crippen LogP contribution in [0.4, 0.5) is 0 Å². The van der Waals surface area contributed by atoms with Gasteiger partial charge in [-0.05, 0) is 18.2 Å². The van der Waals surface area contributed by atoms with Crippen molar-refractivity contribution in [1.82, 2.24) is 4.90 Å². The summed E-state index contributed by atoms with van der Waals surface area (Å²) in [6.45, 7) is 2.75. The van der Waals surface area contributed by atoms with Gasteiger partial charge in [0.15, 0.2) is 0 Å². The molecule has 0 aliphatic rings. The summed E-state index contributed by atoms with van der Waals surface area (Å²) in [4.78, 5) is 2.17. The summed E-state index contributed by atoms with van der Waals surface area (Å²) in [7, 11) is 3.32. The first kappa shape index (κ1) is 17.7. The summed E-state index contributed by atoms with van der Waals surface area (Å²) < 4.78 is 11.5. The average molecular weight is 360 g/mol. The zero-order valence-electron chi connectivity index (χ0n) is 12.4. The monoisotopic (exact) mass is 359 g/mol. The molecule has 0 radical (unpaired) electrons. The lowest BCUT2D eigenvalue weighted by Crippen LogP contribution is -2.31. The van der Waals surface area contributed by atoms with Gasteiger partial charge in [0, 0.05) is 43.2 Å². The molecule has 3 N–H and O–H groups in total. The van der Waals surface area contributed by atoms with E-state index in [-0.39, 0.29) is 5.84 Å². The predicted octanol–water partition coefficient (Wildman–Crippen LogP) is 2.04. The van der Waals surface area contributed by atoms with Crippen LogP contribution in [0.15, 0.2) is 27.8 Å². The van der Waals surface area contributed by atoms with Gasteiger partial charge in [0.1, 0.15) is 11.6 Å². The number of nitrogens with zero attached hydrogens (tertiary/aromatic N) is 2. The Labute approximate surface area is 133 Å². The van der Waals surface area contributed by atoms with Crippen LogP contribution < -0.4 is 10.5 Å². The fourth-order valence-electron chi connectivity index (χ4n) is 1.92. The zero-order valence-corrected chi connectivity index (χ0v) is 14.0. The van der Waals surface area contributed by atoms with Crippen molar-refractivity contribution in [2.45, 2.75) is 13.0 Å². The van der Waals surface area contributed by atoms with Crippen molar-refractivity contribution in [1.29, 1.82) is 0 Å². The fraction of sp³-hybridized carbons (Fsp3) is 0.500. The van der Waals surface area contributed by atoms with E-state index >= 15 is 0 Å². The highest BCUT2D eigenvalue weighted by Gasteiger charge is 2.11. The summed E-state index contributed by atoms with van der Waals surface area (Å²) in [5.74, 6) is 1.06. The number of hydrogen-bond acceptors (Lipinski definition) is 5. The van der Waals surface area contributed by atoms with Crippen LogP contribution in [0.25, 0.3) is 0 Å². The Bertz CT molecular complexity index is 469. The molecule has 0 fully saturated rings. The molecular formula is C14H22BrN3O3. The number of amidine groups is 1. The molecule has 0 saturated heterocycles. The number of nitrogens with two attached hydrogens (primary N) is 1. The smallest absolute Gasteiger partial charge is 0.140 e. The summed E-state index contributed by atoms with van der Waals surface area (Å²) in [6, 6.07) is 5.90. The Hall–Kier alpha value is -1.31. The van der Waals surface area contributed by atoms with Gasteiger partial charge < -0.3 is 20.4 Å². The van der Waals surface area contributed by atoms with Crippen molar-refractivity contribution in [2.24, 2.45) is 10.9 Å². The van der Waals surface area contributed by atoms with E-state index in [4.69, 9.17) is 20.4 Å². The number of rotatable bonds is 9. The largest absolute Gasteiger partial charge is 0.496 e. The predicted molar refractivity (Wildman–Crippen MR) is 85.9 cm³/mol. The van der Waals surface area contributed by atoms with Crippen LogP contribution in [-0.4, -0.2) is 49.9 Å². The number of benzene rings is 1. The van der Waals surface area contributed by atoms with Crippen LogP contribution in [0.1, 0.15) is 12.0 Å². The molecule has 0 spiro atoms. The maximum absolute atomic E-state index is 8.63. The average Bonchev–Trinajstić information content (AvgIpc) is 2.49. The van der Waals surface area contributed by atoms with E-state index in [9.17, 15) is 0 Å². The molecule has 0 aliphatic carbocycles. The minimum absolute atomic E-state index is 0.221. The van der Waals surface area contributed by atoms with Crippen molar-refractivity contribution < 1.29 is 14.7 Å². The van der Waals surface area contributed by atoms with Gasteiger partial charge in [0.25, 0.3) is 0 Å². The molecule has 0 unspecified atom stereocenters. The van der Waals surface area contributed by atoms with E-state index in [0.717, 1.165) is 22.3 Å². The number of ether oxygens (including phenoxy) is 2. The van der Waals surface area contributed by atoms with Crippen LogP contribution in [0.5, 0.6) is 5.75 Å². The quantitative estimate of drug-likeness (QED) is 0.305. The van der Waals surface area contributed by atoms with Gasteiger partial charge in [-0.1, -0.05) is 21.1 Å². The molecule has 1 rings (SSSR count). The fourth-order valence-corrected chi connectivity index (χ4v) is 2.33. The third kappa shape index (κ3) is 6.33. The van der Waals surface area contributed by atoms with Gasteiger partial charge in [-0.25, -0.2) is 0 Å². The van der Waals surface area contributed by atoms with E-state index < -0.39 is 0 Å². The molecule has 0 amide bonds. The molecule has 1 aromatic rings. The molecule has 0 aromatic heterocycles. The molecule has 0 atom stereocenters. The molecule has 21 heavy (non-hydrogen) atoms. The lowest BCUT2D eigenvalue weighted by molar-refractivity contribution is 0.145. The van der Waals surface area contributed by atoms with E-state index in [1.54, 1.807) is 14.2 Å². The normalized spacial score (nSPS) is 11.9. The maximum Gasteiger partial charge on any atom is 0.140 e. The first-order chi connectivity index (χ1) is 10.1. The van der Waals surface area contributed by atoms with Crippen LogP contribution in [0.3, 0.4) is 0 Å². The van der Waals surface area contributed by atoms with Gasteiger partial charge in [-0.2, -0.15) is 0 Å². The molecule has 0 heterocycles. The van der Waals surface area contributed by atoms with E-state index in [1.807, 2.05) is 18.2 Å². The molecule has 118 valence electrons. The minimum Gasteiger partial charge on any atom is -0.496 e. The van der Waals surface area contributed by atoms with Gasteiger partial charge in [0.2, 0.25) is 0 Å². The van der Waals surface area contributed by atoms with E-state index in [1.165, 1.54) is 0 Å². The minimum atomic E-state index is 0.221. The highest BCUT2D eigenvalue weighted by molar-refractivity contribution is 9.10. The van der Waals surface area contributed by atoms with Crippen molar-refractivity contribution >= 4 is 21.8 Å². The van der Waals surface area contributed by atoms with Gasteiger partial charge in [0.05, 0.1) is 13.7 Å². The number of methoxy groups -OCH3 is 2. The summed E-state index contributed by atoms with van der Waals surface area (Å²) in [6.07, 6.45) is 0.497. The molecule has 0 bridgehead atoms. The first-order valence-corrected chi connectivity index (χ1v) is 7.40. The maximum atomic E-state index is 8.63. The third-order valence-corrected chi connectivity index (χ3v) is 3.55. The summed E-state index contributed by atoms with van der Waals surface area (Å²) in [5, 5.41) is 11.6. The molecule has 7 heteroatoms. The second-order valence-corrected chi connectivity index (χ2v) is 5.48. The van der Waals surface area contributed by atoms with Gasteiger partial charge >= 0.3 is 0 Å². The summed E-state index contributed by atoms with van der Waals surface area (Å²) >= 11 is 3.47. The first-order valence-electron chi connectivity index (χ1n) is 6.60. The Morgan fingerprint density at radius 2 is 2.14 bits per heavy atom. The third-order valence-electron chi connectivity index (χ3n) is 3.06. The standard InChI is InChI=1S/C14H22BrN3O3/c1-20-8-7-18(6-5-14(16)17-19)10-11-9-12(15)3-4-13(11)21-2/h3-4,9,19H,5-8,10H2,1-2H3,(H2,16,17). The molecule has 0 saturated carbocycles. The Morgan fingerprint density at radius 1 is 1.38 bits per heavy atom. The van der Waals surface area contributed by atoms with E-state index in [0.29, 0.717) is 26.1 Å². The highest BCUT2D eigenvalue weighted by Crippen LogP contribution is 2.24. The van der Waals surface area contributed by atoms with Gasteiger partial charge in [-0.15, -0.1) is 0 Å². The van der Waals surface area contributed by atoms with Crippen molar-refractivity contribution in [3.63, 3.8) is 0 Å². The van der Waals surface area contributed by atoms with Crippen LogP contribution in [0.2, 0.25) is 0 Å². The second-order valence-electron chi connectivity index (χ2n) is 4.57. The number of oxime groups is 1. The van der Waals surface area contributed by atoms with Crippen molar-refractivity contribution in [3.8, 4) is 5.75 Å². The zero-order chi connectivity index (χ0) is 15.7. The Morgan fingerprint density at radius 3 is 2.76 bits per heavy atom. The Kier molecular flexibility index (Phi) is 8.11. The number of halogens is 1. The molecule has 6 nitrogen and oxygen atoms in total. The molecule has 0 aliphatic heterocycles. The molecule has 1 aromatic carbocycles. The highest BCUT2D eigenvalue weighted by atomic mass is 79.9. The molecular weight excluding hydrogens is 338 g/mol. The van der Waals surface area contributed by atoms with Crippen LogP contribution >= 0.6 is 15.9 Å². The van der Waals surface area contributed by atoms with Crippen LogP contribution in [-0.2, 0) is 11.3 Å². The summed E-state index contributed by atoms with van der Waals surface area (Å²) in [5.41, 5.74) is 6.61. The van der Waals surface area contributed by atoms with Crippen molar-refractivity contribution in [3.05, 3.63) is 28.2 Å². The number of hydrogen-bond donors (Lipinski definition) is 2. The lowest BCUT2D eigenvalue weighted by atomic mass is 10.2. The van der Waals surface area contributed by atoms with Gasteiger partial charge in [-0.3, -0.25) is 4.90 Å².